The van der Waals surface area contributed by atoms with E-state index in [2.05, 4.69) is 50.6 Å². The van der Waals surface area contributed by atoms with Crippen LogP contribution in [0.5, 0.6) is 0 Å². The lowest BCUT2D eigenvalue weighted by molar-refractivity contribution is 0.880. The van der Waals surface area contributed by atoms with Crippen LogP contribution >= 0.6 is 39.1 Å². The quantitative estimate of drug-likeness (QED) is 0.492. The van der Waals surface area contributed by atoms with Gasteiger partial charge >= 0.3 is 0 Å². The zero-order valence-corrected chi connectivity index (χ0v) is 14.7. The first-order valence-corrected chi connectivity index (χ1v) is 8.16. The topological polar surface area (TPSA) is 17.8 Å². The fourth-order valence-electron chi connectivity index (χ4n) is 2.38. The minimum Gasteiger partial charge on any atom is -0.294 e. The lowest BCUT2D eigenvalue weighted by Crippen LogP contribution is -2.03. The van der Waals surface area contributed by atoms with E-state index in [0.717, 1.165) is 27.0 Å². The summed E-state index contributed by atoms with van der Waals surface area (Å²) >= 11 is 16.1. The lowest BCUT2D eigenvalue weighted by Gasteiger charge is -2.13. The Morgan fingerprint density at radius 1 is 1.19 bits per heavy atom. The molecule has 3 rings (SSSR count). The molecule has 2 nitrogen and oxygen atoms in total. The van der Waals surface area contributed by atoms with E-state index in [1.165, 1.54) is 5.56 Å². The van der Waals surface area contributed by atoms with Crippen molar-refractivity contribution in [2.45, 2.75) is 19.2 Å². The molecular formula is C16H13BrCl2N2. The Morgan fingerprint density at radius 3 is 2.62 bits per heavy atom. The smallest absolute Gasteiger partial charge is 0.132 e. The molecule has 0 N–H and O–H groups in total. The summed E-state index contributed by atoms with van der Waals surface area (Å²) in [7, 11) is 0. The Bertz CT molecular complexity index is 825. The number of benzene rings is 2. The summed E-state index contributed by atoms with van der Waals surface area (Å²) in [4.78, 5) is 4.64. The van der Waals surface area contributed by atoms with Crippen LogP contribution in [0.25, 0.3) is 16.7 Å². The first-order chi connectivity index (χ1) is 9.97. The van der Waals surface area contributed by atoms with Gasteiger partial charge in [0.25, 0.3) is 0 Å². The number of fused-ring (bicyclic) bond motifs is 1. The van der Waals surface area contributed by atoms with E-state index in [-0.39, 0.29) is 5.38 Å². The highest BCUT2D eigenvalue weighted by molar-refractivity contribution is 9.10. The molecule has 21 heavy (non-hydrogen) atoms. The Kier molecular flexibility index (Phi) is 4.00. The van der Waals surface area contributed by atoms with Crippen molar-refractivity contribution in [3.8, 4) is 5.69 Å². The zero-order valence-electron chi connectivity index (χ0n) is 11.6. The minimum absolute atomic E-state index is 0.204. The number of imidazole rings is 1. The standard InChI is InChI=1S/C16H13BrCl2N2/c1-9-3-6-14(12(17)7-9)21-15-8-11(19)4-5-13(15)20-16(21)10(2)18/h3-8,10H,1-2H3. The predicted octanol–water partition coefficient (Wildman–Crippen LogP) is 6.05. The highest BCUT2D eigenvalue weighted by Gasteiger charge is 2.18. The van der Waals surface area contributed by atoms with Gasteiger partial charge in [-0.1, -0.05) is 17.7 Å². The van der Waals surface area contributed by atoms with Gasteiger partial charge in [-0.3, -0.25) is 4.57 Å². The second-order valence-electron chi connectivity index (χ2n) is 5.01. The van der Waals surface area contributed by atoms with Crippen LogP contribution in [0, 0.1) is 6.92 Å². The van der Waals surface area contributed by atoms with Crippen molar-refractivity contribution in [3.63, 3.8) is 0 Å². The Morgan fingerprint density at radius 2 is 1.95 bits per heavy atom. The summed E-state index contributed by atoms with van der Waals surface area (Å²) in [6.45, 7) is 3.98. The summed E-state index contributed by atoms with van der Waals surface area (Å²) < 4.78 is 3.06. The Hall–Kier alpha value is -1.03. The maximum atomic E-state index is 6.32. The van der Waals surface area contributed by atoms with Gasteiger partial charge in [0.05, 0.1) is 22.1 Å². The summed E-state index contributed by atoms with van der Waals surface area (Å²) in [6, 6.07) is 11.9. The molecule has 0 bridgehead atoms. The molecule has 1 heterocycles. The second kappa shape index (κ2) is 5.64. The van der Waals surface area contributed by atoms with Crippen molar-refractivity contribution in [1.29, 1.82) is 0 Å². The highest BCUT2D eigenvalue weighted by Crippen LogP contribution is 2.33. The van der Waals surface area contributed by atoms with Crippen molar-refractivity contribution in [1.82, 2.24) is 9.55 Å². The SMILES string of the molecule is Cc1ccc(-n2c(C(C)Cl)nc3ccc(Cl)cc32)c(Br)c1. The number of aromatic nitrogens is 2. The third-order valence-electron chi connectivity index (χ3n) is 3.34. The molecule has 3 aromatic rings. The van der Waals surface area contributed by atoms with Gasteiger partial charge < -0.3 is 0 Å². The third-order valence-corrected chi connectivity index (χ3v) is 4.41. The molecule has 0 aliphatic rings. The molecular weight excluding hydrogens is 371 g/mol. The lowest BCUT2D eigenvalue weighted by atomic mass is 10.2. The molecule has 0 aliphatic heterocycles. The minimum atomic E-state index is -0.204. The molecule has 2 aromatic carbocycles. The fourth-order valence-corrected chi connectivity index (χ4v) is 3.36. The zero-order chi connectivity index (χ0) is 15.1. The molecule has 108 valence electrons. The molecule has 1 unspecified atom stereocenters. The van der Waals surface area contributed by atoms with Crippen LogP contribution in [0.2, 0.25) is 5.02 Å². The molecule has 1 aromatic heterocycles. The van der Waals surface area contributed by atoms with Crippen LogP contribution in [0.4, 0.5) is 0 Å². The number of halogens is 3. The predicted molar refractivity (Wildman–Crippen MR) is 92.8 cm³/mol. The first kappa shape index (κ1) is 14.9. The van der Waals surface area contributed by atoms with Gasteiger partial charge in [-0.15, -0.1) is 11.6 Å². The number of hydrogen-bond acceptors (Lipinski definition) is 1. The van der Waals surface area contributed by atoms with Gasteiger partial charge in [-0.2, -0.15) is 0 Å². The van der Waals surface area contributed by atoms with Crippen molar-refractivity contribution in [3.05, 3.63) is 57.3 Å². The molecule has 5 heteroatoms. The van der Waals surface area contributed by atoms with E-state index in [1.807, 2.05) is 25.1 Å². The summed E-state index contributed by atoms with van der Waals surface area (Å²) in [5.41, 5.74) is 4.03. The number of alkyl halides is 1. The summed E-state index contributed by atoms with van der Waals surface area (Å²) in [5.74, 6) is 0.804. The first-order valence-electron chi connectivity index (χ1n) is 6.56. The van der Waals surface area contributed by atoms with E-state index in [1.54, 1.807) is 0 Å². The molecule has 0 fully saturated rings. The van der Waals surface area contributed by atoms with Gasteiger partial charge in [0.2, 0.25) is 0 Å². The molecule has 0 radical (unpaired) electrons. The number of aryl methyl sites for hydroxylation is 1. The van der Waals surface area contributed by atoms with E-state index in [4.69, 9.17) is 23.2 Å². The molecule has 0 aliphatic carbocycles. The Balaban J connectivity index is 2.38. The van der Waals surface area contributed by atoms with Crippen LogP contribution in [0.3, 0.4) is 0 Å². The second-order valence-corrected chi connectivity index (χ2v) is 6.95. The maximum Gasteiger partial charge on any atom is 0.132 e. The summed E-state index contributed by atoms with van der Waals surface area (Å²) in [5, 5.41) is 0.477. The molecule has 0 saturated carbocycles. The molecule has 1 atom stereocenters. The summed E-state index contributed by atoms with van der Waals surface area (Å²) in [6.07, 6.45) is 0. The van der Waals surface area contributed by atoms with E-state index in [0.29, 0.717) is 5.02 Å². The molecule has 0 amide bonds. The fraction of sp³-hybridized carbons (Fsp3) is 0.188. The maximum absolute atomic E-state index is 6.32. The number of nitrogens with zero attached hydrogens (tertiary/aromatic N) is 2. The van der Waals surface area contributed by atoms with Crippen molar-refractivity contribution in [2.24, 2.45) is 0 Å². The average molecular weight is 384 g/mol. The largest absolute Gasteiger partial charge is 0.294 e. The normalized spacial score (nSPS) is 12.8. The third kappa shape index (κ3) is 2.70. The van der Waals surface area contributed by atoms with Crippen molar-refractivity contribution in [2.75, 3.05) is 0 Å². The van der Waals surface area contributed by atoms with E-state index < -0.39 is 0 Å². The highest BCUT2D eigenvalue weighted by atomic mass is 79.9. The molecule has 0 spiro atoms. The van der Waals surface area contributed by atoms with Gasteiger partial charge in [-0.25, -0.2) is 4.98 Å². The van der Waals surface area contributed by atoms with Gasteiger partial charge in [-0.05, 0) is 65.7 Å². The van der Waals surface area contributed by atoms with Crippen LogP contribution < -0.4 is 0 Å². The van der Waals surface area contributed by atoms with Gasteiger partial charge in [0.1, 0.15) is 5.82 Å². The van der Waals surface area contributed by atoms with Gasteiger partial charge in [0, 0.05) is 9.50 Å². The number of rotatable bonds is 2. The van der Waals surface area contributed by atoms with E-state index >= 15 is 0 Å². The van der Waals surface area contributed by atoms with Crippen LogP contribution in [-0.4, -0.2) is 9.55 Å². The monoisotopic (exact) mass is 382 g/mol. The van der Waals surface area contributed by atoms with Crippen molar-refractivity contribution >= 4 is 50.2 Å². The van der Waals surface area contributed by atoms with Crippen LogP contribution in [-0.2, 0) is 0 Å². The van der Waals surface area contributed by atoms with E-state index in [9.17, 15) is 0 Å². The Labute approximate surface area is 141 Å². The van der Waals surface area contributed by atoms with Gasteiger partial charge in [0.15, 0.2) is 0 Å². The van der Waals surface area contributed by atoms with Crippen molar-refractivity contribution < 1.29 is 0 Å². The molecule has 0 saturated heterocycles. The van der Waals surface area contributed by atoms with Crippen LogP contribution in [0.1, 0.15) is 23.7 Å². The number of hydrogen-bond donors (Lipinski definition) is 0. The average Bonchev–Trinajstić information content (AvgIpc) is 2.77. The van der Waals surface area contributed by atoms with Crippen LogP contribution in [0.15, 0.2) is 40.9 Å².